The number of carbonyl (C=O) groups is 1. The van der Waals surface area contributed by atoms with Crippen LogP contribution in [0, 0.1) is 0 Å². The third-order valence-electron chi connectivity index (χ3n) is 5.50. The maximum atomic E-state index is 13.0. The van der Waals surface area contributed by atoms with E-state index in [-0.39, 0.29) is 5.91 Å². The summed E-state index contributed by atoms with van der Waals surface area (Å²) in [6.45, 7) is 9.30. The zero-order valence-corrected chi connectivity index (χ0v) is 16.1. The van der Waals surface area contributed by atoms with Crippen LogP contribution in [0.5, 0.6) is 0 Å². The molecule has 5 nitrogen and oxygen atoms in total. The molecule has 2 heterocycles. The second-order valence-electron chi connectivity index (χ2n) is 6.94. The van der Waals surface area contributed by atoms with Crippen LogP contribution in [0.25, 0.3) is 0 Å². The number of carbonyl (C=O) groups excluding carboxylic acids is 1. The number of piperazine rings is 1. The molecule has 0 aromatic carbocycles. The molecule has 1 saturated heterocycles. The first kappa shape index (κ1) is 18.5. The Balaban J connectivity index is 1.64. The van der Waals surface area contributed by atoms with Crippen molar-refractivity contribution in [2.75, 3.05) is 39.3 Å². The van der Waals surface area contributed by atoms with E-state index >= 15 is 0 Å². The van der Waals surface area contributed by atoms with Crippen molar-refractivity contribution in [1.82, 2.24) is 14.7 Å². The van der Waals surface area contributed by atoms with Crippen molar-refractivity contribution in [2.45, 2.75) is 45.6 Å². The summed E-state index contributed by atoms with van der Waals surface area (Å²) >= 11 is 6.11. The van der Waals surface area contributed by atoms with Gasteiger partial charge in [-0.1, -0.05) is 31.0 Å². The molecule has 2 fully saturated rings. The molecule has 3 rings (SSSR count). The second-order valence-corrected chi connectivity index (χ2v) is 7.38. The minimum atomic E-state index is 0.0418. The van der Waals surface area contributed by atoms with Crippen LogP contribution < -0.4 is 0 Å². The average molecular weight is 365 g/mol. The number of rotatable bonds is 4. The number of amides is 1. The number of hydrogen-bond acceptors (Lipinski definition) is 4. The molecule has 0 unspecified atom stereocenters. The maximum absolute atomic E-state index is 13.0. The maximum Gasteiger partial charge on any atom is 0.256 e. The van der Waals surface area contributed by atoms with Crippen molar-refractivity contribution in [1.29, 1.82) is 0 Å². The minimum Gasteiger partial charge on any atom is -0.340 e. The first-order valence-electron chi connectivity index (χ1n) is 9.51. The van der Waals surface area contributed by atoms with Crippen LogP contribution in [-0.4, -0.2) is 71.9 Å². The fourth-order valence-electron chi connectivity index (χ4n) is 3.68. The predicted molar refractivity (Wildman–Crippen MR) is 103 cm³/mol. The third-order valence-corrected chi connectivity index (χ3v) is 5.82. The van der Waals surface area contributed by atoms with Crippen LogP contribution in [0.2, 0.25) is 0 Å². The zero-order chi connectivity index (χ0) is 17.8. The highest BCUT2D eigenvalue weighted by atomic mass is 35.5. The number of halogens is 1. The van der Waals surface area contributed by atoms with Crippen molar-refractivity contribution >= 4 is 23.5 Å². The lowest BCUT2D eigenvalue weighted by Gasteiger charge is -2.44. The molecule has 138 valence electrons. The largest absolute Gasteiger partial charge is 0.340 e. The molecule has 0 bridgehead atoms. The van der Waals surface area contributed by atoms with Gasteiger partial charge in [-0.2, -0.15) is 0 Å². The summed E-state index contributed by atoms with van der Waals surface area (Å²) in [7, 11) is 0. The molecule has 3 aliphatic rings. The van der Waals surface area contributed by atoms with Crippen LogP contribution in [0.15, 0.2) is 27.7 Å². The van der Waals surface area contributed by atoms with Gasteiger partial charge in [-0.3, -0.25) is 19.6 Å². The Bertz CT molecular complexity index is 586. The van der Waals surface area contributed by atoms with E-state index in [0.29, 0.717) is 24.5 Å². The lowest BCUT2D eigenvalue weighted by Crippen LogP contribution is -2.56. The van der Waals surface area contributed by atoms with Crippen molar-refractivity contribution < 1.29 is 4.79 Å². The molecule has 0 aromatic heterocycles. The van der Waals surface area contributed by atoms with Gasteiger partial charge in [-0.15, -0.1) is 0 Å². The van der Waals surface area contributed by atoms with E-state index in [1.165, 1.54) is 19.3 Å². The molecule has 0 N–H and O–H groups in total. The van der Waals surface area contributed by atoms with Crippen LogP contribution in [-0.2, 0) is 4.79 Å². The van der Waals surface area contributed by atoms with Gasteiger partial charge in [0.1, 0.15) is 0 Å². The van der Waals surface area contributed by atoms with Crippen molar-refractivity contribution in [3.05, 3.63) is 22.8 Å². The van der Waals surface area contributed by atoms with Gasteiger partial charge in [0, 0.05) is 49.4 Å². The van der Waals surface area contributed by atoms with Crippen LogP contribution in [0.1, 0.15) is 39.5 Å². The van der Waals surface area contributed by atoms with E-state index < -0.39 is 0 Å². The molecule has 0 spiro atoms. The van der Waals surface area contributed by atoms with Crippen molar-refractivity contribution in [3.8, 4) is 0 Å². The predicted octanol–water partition coefficient (Wildman–Crippen LogP) is 2.83. The summed E-state index contributed by atoms with van der Waals surface area (Å²) in [4.78, 5) is 24.3. The molecule has 0 radical (unpaired) electrons. The molecular formula is C19H29ClN4O. The summed E-state index contributed by atoms with van der Waals surface area (Å²) in [5, 5.41) is 0.608. The third kappa shape index (κ3) is 4.09. The standard InChI is InChI=1S/C19H29ClN4O/c1-3-15(14-16(20)4-2)18(25)24-9-8-21-19(24)23-12-10-22(11-13-23)17-6-5-7-17/h4,14,17H,3,5-13H2,1-2H3/b15-14+,16-4+. The van der Waals surface area contributed by atoms with Crippen LogP contribution in [0.3, 0.4) is 0 Å². The number of allylic oxidation sites excluding steroid dienone is 3. The first-order chi connectivity index (χ1) is 12.1. The highest BCUT2D eigenvalue weighted by Gasteiger charge is 2.33. The van der Waals surface area contributed by atoms with E-state index in [2.05, 4.69) is 14.8 Å². The normalized spacial score (nSPS) is 23.7. The highest BCUT2D eigenvalue weighted by molar-refractivity contribution is 6.31. The second kappa shape index (κ2) is 8.37. The fraction of sp³-hybridized carbons (Fsp3) is 0.684. The molecule has 1 aliphatic carbocycles. The quantitative estimate of drug-likeness (QED) is 0.568. The van der Waals surface area contributed by atoms with E-state index in [4.69, 9.17) is 11.6 Å². The van der Waals surface area contributed by atoms with Gasteiger partial charge >= 0.3 is 0 Å². The molecule has 25 heavy (non-hydrogen) atoms. The SMILES string of the molecule is C/C=C(Cl)\C=C(/CC)C(=O)N1CCN=C1N1CCN(C2CCC2)CC1. The van der Waals surface area contributed by atoms with Gasteiger partial charge in [0.05, 0.1) is 6.54 Å². The first-order valence-corrected chi connectivity index (χ1v) is 9.89. The Morgan fingerprint density at radius 2 is 1.96 bits per heavy atom. The van der Waals surface area contributed by atoms with Gasteiger partial charge in [-0.25, -0.2) is 0 Å². The Hall–Kier alpha value is -1.33. The molecule has 1 saturated carbocycles. The van der Waals surface area contributed by atoms with E-state index in [1.807, 2.05) is 24.8 Å². The molecule has 0 atom stereocenters. The molecule has 2 aliphatic heterocycles. The average Bonchev–Trinajstić information content (AvgIpc) is 3.07. The Morgan fingerprint density at radius 3 is 2.52 bits per heavy atom. The number of hydrogen-bond donors (Lipinski definition) is 0. The van der Waals surface area contributed by atoms with Gasteiger partial charge in [0.2, 0.25) is 5.96 Å². The monoisotopic (exact) mass is 364 g/mol. The van der Waals surface area contributed by atoms with Crippen molar-refractivity contribution in [2.24, 2.45) is 4.99 Å². The summed E-state index contributed by atoms with van der Waals surface area (Å²) in [5.41, 5.74) is 0.741. The van der Waals surface area contributed by atoms with Crippen LogP contribution in [0.4, 0.5) is 0 Å². The lowest BCUT2D eigenvalue weighted by atomic mass is 9.91. The summed E-state index contributed by atoms with van der Waals surface area (Å²) < 4.78 is 0. The summed E-state index contributed by atoms with van der Waals surface area (Å²) in [5.74, 6) is 0.898. The Kier molecular flexibility index (Phi) is 6.18. The van der Waals surface area contributed by atoms with Gasteiger partial charge in [0.25, 0.3) is 5.91 Å². The lowest BCUT2D eigenvalue weighted by molar-refractivity contribution is -0.123. The number of nitrogens with zero attached hydrogens (tertiary/aromatic N) is 4. The number of aliphatic imine (C=N–C) groups is 1. The molecular weight excluding hydrogens is 336 g/mol. The minimum absolute atomic E-state index is 0.0418. The summed E-state index contributed by atoms with van der Waals surface area (Å²) in [6, 6.07) is 0.794. The van der Waals surface area contributed by atoms with E-state index in [9.17, 15) is 4.79 Å². The van der Waals surface area contributed by atoms with Crippen LogP contribution >= 0.6 is 11.6 Å². The van der Waals surface area contributed by atoms with Gasteiger partial charge < -0.3 is 4.90 Å². The molecule has 0 aromatic rings. The smallest absolute Gasteiger partial charge is 0.256 e. The molecule has 1 amide bonds. The van der Waals surface area contributed by atoms with Crippen molar-refractivity contribution in [3.63, 3.8) is 0 Å². The fourth-order valence-corrected chi connectivity index (χ4v) is 3.81. The number of guanidine groups is 1. The zero-order valence-electron chi connectivity index (χ0n) is 15.4. The molecule has 6 heteroatoms. The van der Waals surface area contributed by atoms with Gasteiger partial charge in [-0.05, 0) is 32.3 Å². The highest BCUT2D eigenvalue weighted by Crippen LogP contribution is 2.26. The Morgan fingerprint density at radius 1 is 1.24 bits per heavy atom. The summed E-state index contributed by atoms with van der Waals surface area (Å²) in [6.07, 6.45) is 8.34. The van der Waals surface area contributed by atoms with E-state index in [0.717, 1.165) is 43.8 Å². The topological polar surface area (TPSA) is 39.2 Å². The van der Waals surface area contributed by atoms with Gasteiger partial charge in [0.15, 0.2) is 0 Å². The van der Waals surface area contributed by atoms with E-state index in [1.54, 1.807) is 6.08 Å². The Labute approximate surface area is 156 Å².